The summed E-state index contributed by atoms with van der Waals surface area (Å²) < 4.78 is 0. The molecule has 2 atom stereocenters. The van der Waals surface area contributed by atoms with Crippen molar-refractivity contribution in [3.05, 3.63) is 34.4 Å². The van der Waals surface area contributed by atoms with Gasteiger partial charge in [0.15, 0.2) is 0 Å². The zero-order valence-electron chi connectivity index (χ0n) is 12.6. The minimum Gasteiger partial charge on any atom is -0.334 e. The van der Waals surface area contributed by atoms with Crippen molar-refractivity contribution in [1.29, 1.82) is 0 Å². The maximum atomic E-state index is 12.2. The third-order valence-electron chi connectivity index (χ3n) is 3.69. The molecule has 1 saturated heterocycles. The Morgan fingerprint density at radius 1 is 1.18 bits per heavy atom. The fourth-order valence-corrected chi connectivity index (χ4v) is 2.82. The van der Waals surface area contributed by atoms with E-state index < -0.39 is 16.7 Å². The van der Waals surface area contributed by atoms with Gasteiger partial charge in [-0.15, -0.1) is 0 Å². The number of likely N-dealkylation sites (tertiary alicyclic amines) is 1. The Morgan fingerprint density at radius 3 is 2.23 bits per heavy atom. The van der Waals surface area contributed by atoms with Gasteiger partial charge < -0.3 is 10.2 Å². The fraction of sp³-hybridized carbons (Fsp3) is 0.467. The summed E-state index contributed by atoms with van der Waals surface area (Å²) in [6, 6.07) is 5.38. The maximum Gasteiger partial charge on any atom is 0.313 e. The Balaban J connectivity index is 1.99. The summed E-state index contributed by atoms with van der Waals surface area (Å²) in [4.78, 5) is 35.8. The van der Waals surface area contributed by atoms with Crippen LogP contribution in [0.1, 0.15) is 20.3 Å². The molecule has 2 amide bonds. The number of carbonyl (C=O) groups is 2. The predicted octanol–water partition coefficient (Wildman–Crippen LogP) is 2.04. The molecule has 1 N–H and O–H groups in total. The number of nitrogens with zero attached hydrogens (tertiary/aromatic N) is 2. The molecule has 1 aliphatic rings. The molecule has 1 aromatic rings. The smallest absolute Gasteiger partial charge is 0.313 e. The summed E-state index contributed by atoms with van der Waals surface area (Å²) in [5.74, 6) is -0.522. The predicted molar refractivity (Wildman–Crippen MR) is 81.3 cm³/mol. The first-order chi connectivity index (χ1) is 10.4. The van der Waals surface area contributed by atoms with Gasteiger partial charge in [-0.25, -0.2) is 0 Å². The van der Waals surface area contributed by atoms with Gasteiger partial charge in [0.1, 0.15) is 0 Å². The van der Waals surface area contributed by atoms with Gasteiger partial charge in [-0.2, -0.15) is 0 Å². The van der Waals surface area contributed by atoms with E-state index in [1.807, 2.05) is 0 Å². The van der Waals surface area contributed by atoms with E-state index in [1.165, 1.54) is 24.3 Å². The van der Waals surface area contributed by atoms with Crippen molar-refractivity contribution in [3.8, 4) is 0 Å². The van der Waals surface area contributed by atoms with Gasteiger partial charge in [0.25, 0.3) is 5.69 Å². The molecule has 0 radical (unpaired) electrons. The van der Waals surface area contributed by atoms with E-state index in [0.29, 0.717) is 30.6 Å². The van der Waals surface area contributed by atoms with Gasteiger partial charge in [-0.3, -0.25) is 19.7 Å². The Morgan fingerprint density at radius 2 is 1.73 bits per heavy atom. The zero-order chi connectivity index (χ0) is 16.3. The van der Waals surface area contributed by atoms with Crippen LogP contribution in [0.3, 0.4) is 0 Å². The van der Waals surface area contributed by atoms with Gasteiger partial charge >= 0.3 is 11.8 Å². The molecule has 0 spiro atoms. The van der Waals surface area contributed by atoms with Crippen LogP contribution in [0.25, 0.3) is 0 Å². The Bertz CT molecular complexity index is 575. The van der Waals surface area contributed by atoms with Crippen molar-refractivity contribution in [2.45, 2.75) is 20.3 Å². The number of nitro benzene ring substituents is 1. The highest BCUT2D eigenvalue weighted by Crippen LogP contribution is 2.21. The number of piperidine rings is 1. The van der Waals surface area contributed by atoms with Crippen molar-refractivity contribution in [3.63, 3.8) is 0 Å². The van der Waals surface area contributed by atoms with Crippen molar-refractivity contribution in [2.75, 3.05) is 18.4 Å². The first-order valence-electron chi connectivity index (χ1n) is 7.21. The highest BCUT2D eigenvalue weighted by molar-refractivity contribution is 6.39. The number of nitro groups is 1. The van der Waals surface area contributed by atoms with Gasteiger partial charge in [-0.05, 0) is 30.4 Å². The van der Waals surface area contributed by atoms with E-state index in [0.717, 1.165) is 6.42 Å². The van der Waals surface area contributed by atoms with Crippen molar-refractivity contribution >= 4 is 23.2 Å². The minimum absolute atomic E-state index is 0.0667. The molecule has 2 rings (SSSR count). The van der Waals surface area contributed by atoms with Crippen molar-refractivity contribution in [2.24, 2.45) is 11.8 Å². The molecule has 1 heterocycles. The molecule has 7 heteroatoms. The van der Waals surface area contributed by atoms with Crippen LogP contribution >= 0.6 is 0 Å². The fourth-order valence-electron chi connectivity index (χ4n) is 2.82. The lowest BCUT2D eigenvalue weighted by atomic mass is 9.92. The molecule has 0 saturated carbocycles. The maximum absolute atomic E-state index is 12.2. The summed E-state index contributed by atoms with van der Waals surface area (Å²) in [5, 5.41) is 13.1. The second kappa shape index (κ2) is 6.55. The molecular formula is C15H19N3O4. The number of nitrogens with one attached hydrogen (secondary N) is 1. The third kappa shape index (κ3) is 3.81. The average Bonchev–Trinajstić information content (AvgIpc) is 2.46. The number of non-ortho nitro benzene ring substituents is 1. The molecule has 2 unspecified atom stereocenters. The van der Waals surface area contributed by atoms with E-state index in [1.54, 1.807) is 4.90 Å². The van der Waals surface area contributed by atoms with Crippen LogP contribution in [0, 0.1) is 22.0 Å². The minimum atomic E-state index is -0.713. The SMILES string of the molecule is CC1CC(C)CN(C(=O)C(=O)Nc2ccc([N+](=O)[O-])cc2)C1. The summed E-state index contributed by atoms with van der Waals surface area (Å²) >= 11 is 0. The molecule has 118 valence electrons. The number of benzene rings is 1. The Hall–Kier alpha value is -2.44. The molecule has 1 aromatic carbocycles. The number of rotatable bonds is 2. The van der Waals surface area contributed by atoms with Crippen LogP contribution in [0.15, 0.2) is 24.3 Å². The van der Waals surface area contributed by atoms with E-state index in [2.05, 4.69) is 19.2 Å². The van der Waals surface area contributed by atoms with E-state index in [-0.39, 0.29) is 5.69 Å². The largest absolute Gasteiger partial charge is 0.334 e. The van der Waals surface area contributed by atoms with Crippen LogP contribution < -0.4 is 5.32 Å². The second-order valence-electron chi connectivity index (χ2n) is 5.91. The lowest BCUT2D eigenvalue weighted by Crippen LogP contribution is -2.47. The average molecular weight is 305 g/mol. The Labute approximate surface area is 128 Å². The summed E-state index contributed by atoms with van der Waals surface area (Å²) in [6.07, 6.45) is 1.05. The monoisotopic (exact) mass is 305 g/mol. The topological polar surface area (TPSA) is 92.6 Å². The molecule has 1 fully saturated rings. The molecule has 0 bridgehead atoms. The van der Waals surface area contributed by atoms with E-state index in [9.17, 15) is 19.7 Å². The van der Waals surface area contributed by atoms with Gasteiger partial charge in [0.05, 0.1) is 4.92 Å². The molecule has 0 aliphatic carbocycles. The number of anilines is 1. The highest BCUT2D eigenvalue weighted by Gasteiger charge is 2.29. The van der Waals surface area contributed by atoms with Crippen LogP contribution in [-0.2, 0) is 9.59 Å². The van der Waals surface area contributed by atoms with Gasteiger partial charge in [0.2, 0.25) is 0 Å². The third-order valence-corrected chi connectivity index (χ3v) is 3.69. The summed E-state index contributed by atoms with van der Waals surface area (Å²) in [5.41, 5.74) is 0.296. The standard InChI is InChI=1S/C15H19N3O4/c1-10-7-11(2)9-17(8-10)15(20)14(19)16-12-3-5-13(6-4-12)18(21)22/h3-6,10-11H,7-9H2,1-2H3,(H,16,19). The van der Waals surface area contributed by atoms with Gasteiger partial charge in [0, 0.05) is 30.9 Å². The lowest BCUT2D eigenvalue weighted by molar-refractivity contribution is -0.384. The van der Waals surface area contributed by atoms with Crippen molar-refractivity contribution < 1.29 is 14.5 Å². The number of hydrogen-bond acceptors (Lipinski definition) is 4. The number of carbonyl (C=O) groups excluding carboxylic acids is 2. The first kappa shape index (κ1) is 15.9. The molecular weight excluding hydrogens is 286 g/mol. The number of amides is 2. The highest BCUT2D eigenvalue weighted by atomic mass is 16.6. The normalized spacial score (nSPS) is 21.3. The first-order valence-corrected chi connectivity index (χ1v) is 7.21. The van der Waals surface area contributed by atoms with Gasteiger partial charge in [-0.1, -0.05) is 13.8 Å². The van der Waals surface area contributed by atoms with Crippen LogP contribution in [0.4, 0.5) is 11.4 Å². The summed E-state index contributed by atoms with van der Waals surface area (Å²) in [6.45, 7) is 5.28. The van der Waals surface area contributed by atoms with E-state index in [4.69, 9.17) is 0 Å². The Kier molecular flexibility index (Phi) is 4.75. The van der Waals surface area contributed by atoms with Crippen LogP contribution in [0.2, 0.25) is 0 Å². The lowest BCUT2D eigenvalue weighted by Gasteiger charge is -2.34. The number of hydrogen-bond donors (Lipinski definition) is 1. The second-order valence-corrected chi connectivity index (χ2v) is 5.91. The molecule has 7 nitrogen and oxygen atoms in total. The van der Waals surface area contributed by atoms with Crippen molar-refractivity contribution in [1.82, 2.24) is 4.90 Å². The summed E-state index contributed by atoms with van der Waals surface area (Å²) in [7, 11) is 0. The molecule has 22 heavy (non-hydrogen) atoms. The van der Waals surface area contributed by atoms with Crippen LogP contribution in [0.5, 0.6) is 0 Å². The molecule has 0 aromatic heterocycles. The molecule has 1 aliphatic heterocycles. The zero-order valence-corrected chi connectivity index (χ0v) is 12.6. The van der Waals surface area contributed by atoms with E-state index >= 15 is 0 Å². The van der Waals surface area contributed by atoms with Crippen LogP contribution in [-0.4, -0.2) is 34.7 Å². The quantitative estimate of drug-likeness (QED) is 0.514.